The third-order valence-electron chi connectivity index (χ3n) is 13.0. The van der Waals surface area contributed by atoms with Gasteiger partial charge in [-0.25, -0.2) is 0 Å². The number of furan rings is 1. The van der Waals surface area contributed by atoms with E-state index in [4.69, 9.17) is 4.42 Å². The fourth-order valence-corrected chi connectivity index (χ4v) is 10.3. The van der Waals surface area contributed by atoms with Gasteiger partial charge in [-0.1, -0.05) is 200 Å². The molecule has 10 aromatic carbocycles. The summed E-state index contributed by atoms with van der Waals surface area (Å²) in [5.41, 5.74) is 19.0. The molecule has 0 saturated heterocycles. The van der Waals surface area contributed by atoms with Crippen molar-refractivity contribution in [1.82, 2.24) is 0 Å². The van der Waals surface area contributed by atoms with E-state index < -0.39 is 5.41 Å². The number of rotatable bonds is 8. The van der Waals surface area contributed by atoms with Crippen molar-refractivity contribution in [3.63, 3.8) is 0 Å². The molecule has 2 heteroatoms. The average Bonchev–Trinajstić information content (AvgIpc) is 3.89. The Morgan fingerprint density at radius 1 is 0.317 bits per heavy atom. The summed E-state index contributed by atoms with van der Waals surface area (Å²) in [7, 11) is 0. The smallest absolute Gasteiger partial charge is 0.136 e. The summed E-state index contributed by atoms with van der Waals surface area (Å²) in [4.78, 5) is 2.38. The Morgan fingerprint density at radius 3 is 1.51 bits per heavy atom. The molecule has 0 saturated carbocycles. The lowest BCUT2D eigenvalue weighted by Crippen LogP contribution is -2.28. The number of hydrogen-bond donors (Lipinski definition) is 0. The Balaban J connectivity index is 1.05. The standard InChI is InChI=1S/C61H41NO/c1-4-19-42(20-5-1)43-35-38-47(39-36-43)62(46-23-8-3-9-24-46)57-33-17-14-29-52(57)48-25-10-11-26-49(48)53-30-18-34-59-60(53)54-41-45(37-40-58(54)63-59)61(44-21-6-2-7-22-44)55-31-15-12-27-50(55)51-28-13-16-32-56(51)61/h1-41H. The molecule has 0 N–H and O–H groups in total. The first kappa shape index (κ1) is 36.6. The molecule has 0 spiro atoms. The van der Waals surface area contributed by atoms with Crippen molar-refractivity contribution in [2.45, 2.75) is 5.41 Å². The topological polar surface area (TPSA) is 16.4 Å². The van der Waals surface area contributed by atoms with Gasteiger partial charge in [0.15, 0.2) is 0 Å². The van der Waals surface area contributed by atoms with Crippen LogP contribution in [-0.4, -0.2) is 0 Å². The van der Waals surface area contributed by atoms with Gasteiger partial charge in [-0.3, -0.25) is 0 Å². The summed E-state index contributed by atoms with van der Waals surface area (Å²) >= 11 is 0. The van der Waals surface area contributed by atoms with Crippen molar-refractivity contribution in [3.05, 3.63) is 271 Å². The zero-order valence-corrected chi connectivity index (χ0v) is 34.5. The van der Waals surface area contributed by atoms with Crippen LogP contribution >= 0.6 is 0 Å². The number of nitrogens with zero attached hydrogens (tertiary/aromatic N) is 1. The molecule has 0 unspecified atom stereocenters. The molecule has 296 valence electrons. The van der Waals surface area contributed by atoms with Crippen LogP contribution in [0.1, 0.15) is 22.3 Å². The van der Waals surface area contributed by atoms with Crippen molar-refractivity contribution in [1.29, 1.82) is 0 Å². The molecule has 1 aliphatic carbocycles. The molecule has 0 atom stereocenters. The fourth-order valence-electron chi connectivity index (χ4n) is 10.3. The van der Waals surface area contributed by atoms with E-state index in [0.717, 1.165) is 61.3 Å². The Bertz CT molecular complexity index is 3400. The zero-order chi connectivity index (χ0) is 41.7. The largest absolute Gasteiger partial charge is 0.456 e. The monoisotopic (exact) mass is 803 g/mol. The second kappa shape index (κ2) is 15.1. The zero-order valence-electron chi connectivity index (χ0n) is 34.5. The Labute approximate surface area is 367 Å². The maximum atomic E-state index is 6.77. The molecule has 0 fully saturated rings. The molecule has 0 radical (unpaired) electrons. The lowest BCUT2D eigenvalue weighted by molar-refractivity contribution is 0.668. The highest BCUT2D eigenvalue weighted by Crippen LogP contribution is 2.57. The van der Waals surface area contributed by atoms with Gasteiger partial charge in [0.1, 0.15) is 11.2 Å². The van der Waals surface area contributed by atoms with E-state index in [0.29, 0.717) is 0 Å². The Morgan fingerprint density at radius 2 is 0.825 bits per heavy atom. The molecule has 1 aromatic heterocycles. The van der Waals surface area contributed by atoms with Crippen LogP contribution in [0, 0.1) is 0 Å². The highest BCUT2D eigenvalue weighted by atomic mass is 16.3. The van der Waals surface area contributed by atoms with E-state index in [1.165, 1.54) is 44.5 Å². The van der Waals surface area contributed by atoms with Gasteiger partial charge in [-0.05, 0) is 110 Å². The second-order valence-corrected chi connectivity index (χ2v) is 16.3. The first-order valence-corrected chi connectivity index (χ1v) is 21.7. The van der Waals surface area contributed by atoms with Gasteiger partial charge in [0.25, 0.3) is 0 Å². The maximum absolute atomic E-state index is 6.77. The molecule has 1 aliphatic rings. The van der Waals surface area contributed by atoms with Crippen LogP contribution in [0.2, 0.25) is 0 Å². The average molecular weight is 804 g/mol. The van der Waals surface area contributed by atoms with Gasteiger partial charge < -0.3 is 9.32 Å². The molecule has 12 rings (SSSR count). The minimum Gasteiger partial charge on any atom is -0.456 e. The van der Waals surface area contributed by atoms with Crippen LogP contribution in [0.5, 0.6) is 0 Å². The van der Waals surface area contributed by atoms with Gasteiger partial charge in [0, 0.05) is 27.7 Å². The van der Waals surface area contributed by atoms with E-state index in [1.54, 1.807) is 0 Å². The molecule has 2 nitrogen and oxygen atoms in total. The predicted molar refractivity (Wildman–Crippen MR) is 262 cm³/mol. The summed E-state index contributed by atoms with van der Waals surface area (Å²) in [5.74, 6) is 0. The van der Waals surface area contributed by atoms with E-state index in [9.17, 15) is 0 Å². The summed E-state index contributed by atoms with van der Waals surface area (Å²) in [6, 6.07) is 90.0. The summed E-state index contributed by atoms with van der Waals surface area (Å²) < 4.78 is 6.77. The molecular formula is C61H41NO. The second-order valence-electron chi connectivity index (χ2n) is 16.3. The van der Waals surface area contributed by atoms with Crippen molar-refractivity contribution in [3.8, 4) is 44.5 Å². The van der Waals surface area contributed by atoms with Crippen molar-refractivity contribution in [2.24, 2.45) is 0 Å². The van der Waals surface area contributed by atoms with Gasteiger partial charge in [-0.2, -0.15) is 0 Å². The van der Waals surface area contributed by atoms with Gasteiger partial charge in [0.2, 0.25) is 0 Å². The highest BCUT2D eigenvalue weighted by molar-refractivity contribution is 6.14. The van der Waals surface area contributed by atoms with Crippen LogP contribution in [0.4, 0.5) is 17.1 Å². The number of fused-ring (bicyclic) bond motifs is 6. The SMILES string of the molecule is c1ccc(-c2ccc(N(c3ccccc3)c3ccccc3-c3ccccc3-c3cccc4oc5ccc(C6(c7ccccc7)c7ccccc7-c7ccccc76)cc5c34)cc2)cc1. The van der Waals surface area contributed by atoms with Crippen molar-refractivity contribution >= 4 is 39.0 Å². The van der Waals surface area contributed by atoms with E-state index >= 15 is 0 Å². The van der Waals surface area contributed by atoms with Crippen LogP contribution < -0.4 is 4.90 Å². The van der Waals surface area contributed by atoms with Crippen molar-refractivity contribution < 1.29 is 4.42 Å². The van der Waals surface area contributed by atoms with E-state index in [2.05, 4.69) is 254 Å². The molecule has 63 heavy (non-hydrogen) atoms. The first-order valence-electron chi connectivity index (χ1n) is 21.7. The fraction of sp³-hybridized carbons (Fsp3) is 0.0164. The van der Waals surface area contributed by atoms with E-state index in [1.807, 2.05) is 0 Å². The summed E-state index contributed by atoms with van der Waals surface area (Å²) in [6.45, 7) is 0. The Hall–Kier alpha value is -8.20. The van der Waals surface area contributed by atoms with Crippen LogP contribution in [0.15, 0.2) is 253 Å². The third kappa shape index (κ3) is 5.87. The lowest BCUT2D eigenvalue weighted by Gasteiger charge is -2.33. The van der Waals surface area contributed by atoms with Crippen LogP contribution in [0.25, 0.3) is 66.4 Å². The predicted octanol–water partition coefficient (Wildman–Crippen LogP) is 16.4. The normalized spacial score (nSPS) is 12.6. The summed E-state index contributed by atoms with van der Waals surface area (Å²) in [5, 5.41) is 2.21. The highest BCUT2D eigenvalue weighted by Gasteiger charge is 2.46. The molecule has 1 heterocycles. The molecule has 0 bridgehead atoms. The first-order chi connectivity index (χ1) is 31.3. The molecule has 11 aromatic rings. The number of hydrogen-bond acceptors (Lipinski definition) is 2. The molecule has 0 aliphatic heterocycles. The maximum Gasteiger partial charge on any atom is 0.136 e. The Kier molecular flexibility index (Phi) is 8.76. The molecular weight excluding hydrogens is 763 g/mol. The number of benzene rings is 10. The molecule has 0 amide bonds. The number of anilines is 3. The minimum absolute atomic E-state index is 0.516. The minimum atomic E-state index is -0.516. The number of para-hydroxylation sites is 2. The van der Waals surface area contributed by atoms with Gasteiger partial charge in [-0.15, -0.1) is 0 Å². The quantitative estimate of drug-likeness (QED) is 0.152. The summed E-state index contributed by atoms with van der Waals surface area (Å²) in [6.07, 6.45) is 0. The van der Waals surface area contributed by atoms with Crippen LogP contribution in [-0.2, 0) is 5.41 Å². The lowest BCUT2D eigenvalue weighted by atomic mass is 9.67. The van der Waals surface area contributed by atoms with Crippen molar-refractivity contribution in [2.75, 3.05) is 4.90 Å². The van der Waals surface area contributed by atoms with E-state index in [-0.39, 0.29) is 0 Å². The third-order valence-corrected chi connectivity index (χ3v) is 13.0. The van der Waals surface area contributed by atoms with Crippen LogP contribution in [0.3, 0.4) is 0 Å². The van der Waals surface area contributed by atoms with Gasteiger partial charge in [0.05, 0.1) is 11.1 Å². The van der Waals surface area contributed by atoms with Gasteiger partial charge >= 0.3 is 0 Å².